The zero-order chi connectivity index (χ0) is 7.82. The SMILES string of the molecule is [B]C/C=C\C(=C/C=C)OC. The van der Waals surface area contributed by atoms with Gasteiger partial charge in [-0.25, -0.2) is 0 Å². The minimum atomic E-state index is 0.526. The van der Waals surface area contributed by atoms with Crippen LogP contribution in [-0.4, -0.2) is 15.0 Å². The Morgan fingerprint density at radius 3 is 2.80 bits per heavy atom. The molecule has 0 saturated heterocycles. The maximum absolute atomic E-state index is 5.23. The van der Waals surface area contributed by atoms with Crippen LogP contribution in [0.3, 0.4) is 0 Å². The molecule has 0 spiro atoms. The van der Waals surface area contributed by atoms with Crippen molar-refractivity contribution >= 4 is 7.85 Å². The van der Waals surface area contributed by atoms with Gasteiger partial charge in [0.1, 0.15) is 5.76 Å². The minimum absolute atomic E-state index is 0.526. The third-order valence-electron chi connectivity index (χ3n) is 0.936. The lowest BCUT2D eigenvalue weighted by Crippen LogP contribution is -1.79. The molecule has 0 saturated carbocycles. The minimum Gasteiger partial charge on any atom is -0.497 e. The highest BCUT2D eigenvalue weighted by atomic mass is 16.5. The van der Waals surface area contributed by atoms with Gasteiger partial charge in [-0.1, -0.05) is 25.1 Å². The Kier molecular flexibility index (Phi) is 5.64. The van der Waals surface area contributed by atoms with Crippen LogP contribution in [0.2, 0.25) is 6.32 Å². The van der Waals surface area contributed by atoms with Crippen LogP contribution in [0.1, 0.15) is 0 Å². The fourth-order valence-corrected chi connectivity index (χ4v) is 0.492. The zero-order valence-electron chi connectivity index (χ0n) is 6.21. The first-order valence-electron chi connectivity index (χ1n) is 3.08. The highest BCUT2D eigenvalue weighted by Gasteiger charge is 1.82. The molecule has 0 amide bonds. The van der Waals surface area contributed by atoms with Crippen molar-refractivity contribution in [1.82, 2.24) is 0 Å². The van der Waals surface area contributed by atoms with Crippen molar-refractivity contribution in [3.8, 4) is 0 Å². The molecule has 52 valence electrons. The van der Waals surface area contributed by atoms with Gasteiger partial charge in [0.25, 0.3) is 0 Å². The lowest BCUT2D eigenvalue weighted by Gasteiger charge is -1.96. The highest BCUT2D eigenvalue weighted by molar-refractivity contribution is 6.09. The van der Waals surface area contributed by atoms with Crippen LogP contribution in [0.4, 0.5) is 0 Å². The number of ether oxygens (including phenoxy) is 1. The molecule has 0 aromatic heterocycles. The third-order valence-corrected chi connectivity index (χ3v) is 0.936. The molecule has 0 aliphatic carbocycles. The molecule has 2 heteroatoms. The molecule has 10 heavy (non-hydrogen) atoms. The van der Waals surface area contributed by atoms with Gasteiger partial charge in [0.05, 0.1) is 15.0 Å². The van der Waals surface area contributed by atoms with E-state index in [2.05, 4.69) is 6.58 Å². The Balaban J connectivity index is 3.94. The lowest BCUT2D eigenvalue weighted by atomic mass is 10.1. The fourth-order valence-electron chi connectivity index (χ4n) is 0.492. The first-order valence-corrected chi connectivity index (χ1v) is 3.08. The van der Waals surface area contributed by atoms with E-state index >= 15 is 0 Å². The summed E-state index contributed by atoms with van der Waals surface area (Å²) in [6.07, 6.45) is 7.59. The van der Waals surface area contributed by atoms with Crippen molar-refractivity contribution in [2.24, 2.45) is 0 Å². The van der Waals surface area contributed by atoms with E-state index in [0.717, 1.165) is 5.76 Å². The van der Waals surface area contributed by atoms with Gasteiger partial charge in [-0.3, -0.25) is 0 Å². The molecule has 0 N–H and O–H groups in total. The lowest BCUT2D eigenvalue weighted by molar-refractivity contribution is 0.307. The van der Waals surface area contributed by atoms with E-state index in [9.17, 15) is 0 Å². The van der Waals surface area contributed by atoms with Gasteiger partial charge in [0.2, 0.25) is 0 Å². The zero-order valence-corrected chi connectivity index (χ0v) is 6.21. The molecule has 0 atom stereocenters. The molecule has 0 fully saturated rings. The van der Waals surface area contributed by atoms with Crippen LogP contribution in [0.25, 0.3) is 0 Å². The Hall–Kier alpha value is -0.915. The summed E-state index contributed by atoms with van der Waals surface area (Å²) in [6.45, 7) is 3.53. The fraction of sp³-hybridized carbons (Fsp3) is 0.250. The van der Waals surface area contributed by atoms with E-state index in [1.54, 1.807) is 19.3 Å². The standard InChI is InChI=1S/C8H11BO/c1-3-5-8(10-2)6-4-7-9/h3-6H,1,7H2,2H3/b6-4-,8-5+. The largest absolute Gasteiger partial charge is 0.497 e. The maximum Gasteiger partial charge on any atom is 0.118 e. The Labute approximate surface area is 63.5 Å². The number of hydrogen-bond acceptors (Lipinski definition) is 1. The molecule has 0 aliphatic rings. The van der Waals surface area contributed by atoms with Crippen molar-refractivity contribution < 1.29 is 4.74 Å². The molecule has 0 aromatic carbocycles. The van der Waals surface area contributed by atoms with Crippen molar-refractivity contribution in [2.75, 3.05) is 7.11 Å². The van der Waals surface area contributed by atoms with Crippen molar-refractivity contribution in [1.29, 1.82) is 0 Å². The second-order valence-electron chi connectivity index (χ2n) is 1.65. The predicted octanol–water partition coefficient (Wildman–Crippen LogP) is 1.85. The topological polar surface area (TPSA) is 9.23 Å². The van der Waals surface area contributed by atoms with E-state index in [0.29, 0.717) is 6.32 Å². The van der Waals surface area contributed by atoms with Crippen molar-refractivity contribution in [3.63, 3.8) is 0 Å². The van der Waals surface area contributed by atoms with Crippen LogP contribution in [0.5, 0.6) is 0 Å². The maximum atomic E-state index is 5.23. The number of rotatable bonds is 4. The van der Waals surface area contributed by atoms with E-state index in [1.165, 1.54) is 0 Å². The highest BCUT2D eigenvalue weighted by Crippen LogP contribution is 1.97. The van der Waals surface area contributed by atoms with Gasteiger partial charge in [0, 0.05) is 0 Å². The summed E-state index contributed by atoms with van der Waals surface area (Å²) in [6, 6.07) is 0. The second-order valence-corrected chi connectivity index (χ2v) is 1.65. The number of hydrogen-bond donors (Lipinski definition) is 0. The summed E-state index contributed by atoms with van der Waals surface area (Å²) in [7, 11) is 6.84. The van der Waals surface area contributed by atoms with Gasteiger partial charge in [0.15, 0.2) is 0 Å². The van der Waals surface area contributed by atoms with Crippen LogP contribution in [0, 0.1) is 0 Å². The predicted molar refractivity (Wildman–Crippen MR) is 45.0 cm³/mol. The van der Waals surface area contributed by atoms with Crippen molar-refractivity contribution in [3.05, 3.63) is 36.6 Å². The van der Waals surface area contributed by atoms with E-state index < -0.39 is 0 Å². The van der Waals surface area contributed by atoms with Crippen LogP contribution in [-0.2, 0) is 4.74 Å². The summed E-state index contributed by atoms with van der Waals surface area (Å²) in [4.78, 5) is 0. The molecule has 2 radical (unpaired) electrons. The summed E-state index contributed by atoms with van der Waals surface area (Å²) in [5.74, 6) is 0.764. The quantitative estimate of drug-likeness (QED) is 0.324. The molecular weight excluding hydrogens is 123 g/mol. The van der Waals surface area contributed by atoms with Crippen LogP contribution in [0.15, 0.2) is 36.6 Å². The van der Waals surface area contributed by atoms with Crippen molar-refractivity contribution in [2.45, 2.75) is 6.32 Å². The third kappa shape index (κ3) is 4.01. The van der Waals surface area contributed by atoms with Crippen LogP contribution >= 0.6 is 0 Å². The Morgan fingerprint density at radius 2 is 2.40 bits per heavy atom. The van der Waals surface area contributed by atoms with Crippen LogP contribution < -0.4 is 0 Å². The van der Waals surface area contributed by atoms with E-state index in [1.807, 2.05) is 12.2 Å². The number of methoxy groups -OCH3 is 1. The number of allylic oxidation sites excluding steroid dienone is 4. The van der Waals surface area contributed by atoms with Gasteiger partial charge >= 0.3 is 0 Å². The monoisotopic (exact) mass is 134 g/mol. The van der Waals surface area contributed by atoms with Gasteiger partial charge in [-0.15, -0.1) is 0 Å². The molecule has 0 aromatic rings. The molecule has 0 aliphatic heterocycles. The van der Waals surface area contributed by atoms with E-state index in [4.69, 9.17) is 12.6 Å². The molecule has 0 bridgehead atoms. The smallest absolute Gasteiger partial charge is 0.118 e. The first kappa shape index (κ1) is 9.08. The summed E-state index contributed by atoms with van der Waals surface area (Å²) in [5.41, 5.74) is 0. The molecule has 0 unspecified atom stereocenters. The summed E-state index contributed by atoms with van der Waals surface area (Å²) in [5, 5.41) is 0. The normalized spacial score (nSPS) is 11.9. The molecule has 0 heterocycles. The Bertz CT molecular complexity index is 147. The Morgan fingerprint density at radius 1 is 1.70 bits per heavy atom. The first-order chi connectivity index (χ1) is 4.85. The second kappa shape index (κ2) is 6.21. The average Bonchev–Trinajstić information content (AvgIpc) is 1.98. The van der Waals surface area contributed by atoms with Gasteiger partial charge in [-0.2, -0.15) is 0 Å². The van der Waals surface area contributed by atoms with E-state index in [-0.39, 0.29) is 0 Å². The van der Waals surface area contributed by atoms with Gasteiger partial charge in [-0.05, 0) is 12.2 Å². The summed E-state index contributed by atoms with van der Waals surface area (Å²) >= 11 is 0. The molecule has 0 rings (SSSR count). The summed E-state index contributed by atoms with van der Waals surface area (Å²) < 4.78 is 4.94. The molecular formula is C8H11BO. The van der Waals surface area contributed by atoms with Gasteiger partial charge < -0.3 is 4.74 Å². The average molecular weight is 134 g/mol. The molecule has 1 nitrogen and oxygen atoms in total.